The standard InChI is InChI=1S/C21H21N3O3S/c1-21(2,3)15-10-8-13(9-11-15)17(25)19(26)23-20-22-18(24-28-20)14-6-5-7-16(12-14)27-4/h5-12H,1-4H3,(H,22,23,24,26). The van der Waals surface area contributed by atoms with Crippen LogP contribution in [0.5, 0.6) is 5.75 Å². The number of anilines is 1. The summed E-state index contributed by atoms with van der Waals surface area (Å²) in [7, 11) is 1.58. The maximum atomic E-state index is 12.4. The maximum Gasteiger partial charge on any atom is 0.298 e. The fraction of sp³-hybridized carbons (Fsp3) is 0.238. The summed E-state index contributed by atoms with van der Waals surface area (Å²) < 4.78 is 9.43. The van der Waals surface area contributed by atoms with Crippen LogP contribution in [0, 0.1) is 0 Å². The molecule has 1 amide bonds. The Kier molecular flexibility index (Phi) is 5.56. The molecule has 0 unspecified atom stereocenters. The number of ketones is 1. The van der Waals surface area contributed by atoms with Crippen molar-refractivity contribution in [3.63, 3.8) is 0 Å². The van der Waals surface area contributed by atoms with E-state index in [-0.39, 0.29) is 10.5 Å². The summed E-state index contributed by atoms with van der Waals surface area (Å²) in [6.07, 6.45) is 0. The lowest BCUT2D eigenvalue weighted by Crippen LogP contribution is -2.23. The van der Waals surface area contributed by atoms with E-state index in [2.05, 4.69) is 35.4 Å². The third kappa shape index (κ3) is 4.43. The zero-order chi connectivity index (χ0) is 20.3. The van der Waals surface area contributed by atoms with E-state index in [0.29, 0.717) is 17.1 Å². The summed E-state index contributed by atoms with van der Waals surface area (Å²) in [5.74, 6) is -0.205. The van der Waals surface area contributed by atoms with Gasteiger partial charge < -0.3 is 4.74 Å². The Balaban J connectivity index is 1.71. The highest BCUT2D eigenvalue weighted by atomic mass is 32.1. The summed E-state index contributed by atoms with van der Waals surface area (Å²) >= 11 is 1.02. The Morgan fingerprint density at radius 2 is 1.79 bits per heavy atom. The molecule has 0 aliphatic rings. The number of hydrogen-bond acceptors (Lipinski definition) is 6. The number of carbonyl (C=O) groups is 2. The van der Waals surface area contributed by atoms with Crippen LogP contribution in [0.25, 0.3) is 11.4 Å². The van der Waals surface area contributed by atoms with Crippen LogP contribution in [-0.2, 0) is 10.2 Å². The van der Waals surface area contributed by atoms with Crippen LogP contribution in [0.4, 0.5) is 5.13 Å². The number of nitrogens with zero attached hydrogens (tertiary/aromatic N) is 2. The molecule has 1 N–H and O–H groups in total. The van der Waals surface area contributed by atoms with Crippen LogP contribution in [-0.4, -0.2) is 28.2 Å². The predicted octanol–water partition coefficient (Wildman–Crippen LogP) is 4.33. The van der Waals surface area contributed by atoms with Crippen LogP contribution in [0.3, 0.4) is 0 Å². The average Bonchev–Trinajstić information content (AvgIpc) is 3.15. The van der Waals surface area contributed by atoms with Gasteiger partial charge in [0.1, 0.15) is 5.75 Å². The van der Waals surface area contributed by atoms with Crippen LogP contribution in [0.2, 0.25) is 0 Å². The fourth-order valence-corrected chi connectivity index (χ4v) is 3.15. The van der Waals surface area contributed by atoms with Crippen molar-refractivity contribution in [2.75, 3.05) is 12.4 Å². The highest BCUT2D eigenvalue weighted by Gasteiger charge is 2.20. The molecule has 0 atom stereocenters. The van der Waals surface area contributed by atoms with E-state index >= 15 is 0 Å². The van der Waals surface area contributed by atoms with Crippen molar-refractivity contribution in [1.82, 2.24) is 9.36 Å². The molecule has 0 saturated heterocycles. The number of rotatable bonds is 5. The SMILES string of the molecule is COc1cccc(-c2nsc(NC(=O)C(=O)c3ccc(C(C)(C)C)cc3)n2)c1. The van der Waals surface area contributed by atoms with Gasteiger partial charge in [-0.1, -0.05) is 57.2 Å². The van der Waals surface area contributed by atoms with Gasteiger partial charge in [-0.2, -0.15) is 9.36 Å². The molecule has 0 saturated carbocycles. The largest absolute Gasteiger partial charge is 0.497 e. The van der Waals surface area contributed by atoms with E-state index in [9.17, 15) is 9.59 Å². The highest BCUT2D eigenvalue weighted by molar-refractivity contribution is 7.10. The van der Waals surface area contributed by atoms with Crippen LogP contribution >= 0.6 is 11.5 Å². The third-order valence-electron chi connectivity index (χ3n) is 4.19. The molecule has 28 heavy (non-hydrogen) atoms. The number of Topliss-reactive ketones (excluding diaryl/α,β-unsaturated/α-hetero) is 1. The van der Waals surface area contributed by atoms with Gasteiger partial charge >= 0.3 is 0 Å². The van der Waals surface area contributed by atoms with Crippen molar-refractivity contribution in [1.29, 1.82) is 0 Å². The molecule has 0 bridgehead atoms. The first kappa shape index (κ1) is 19.7. The number of carbonyl (C=O) groups excluding carboxylic acids is 2. The zero-order valence-corrected chi connectivity index (χ0v) is 17.0. The Labute approximate surface area is 167 Å². The highest BCUT2D eigenvalue weighted by Crippen LogP contribution is 2.25. The molecule has 7 heteroatoms. The molecule has 1 heterocycles. The number of aromatic nitrogens is 2. The lowest BCUT2D eigenvalue weighted by Gasteiger charge is -2.18. The summed E-state index contributed by atoms with van der Waals surface area (Å²) in [6.45, 7) is 6.27. The summed E-state index contributed by atoms with van der Waals surface area (Å²) in [5, 5.41) is 2.80. The Morgan fingerprint density at radius 3 is 2.43 bits per heavy atom. The van der Waals surface area contributed by atoms with E-state index in [1.54, 1.807) is 25.3 Å². The third-order valence-corrected chi connectivity index (χ3v) is 4.82. The summed E-state index contributed by atoms with van der Waals surface area (Å²) in [5.41, 5.74) is 2.17. The Bertz CT molecular complexity index is 1000. The van der Waals surface area contributed by atoms with E-state index in [0.717, 1.165) is 22.7 Å². The molecular formula is C21H21N3O3S. The number of ether oxygens (including phenoxy) is 1. The van der Waals surface area contributed by atoms with E-state index < -0.39 is 11.7 Å². The quantitative estimate of drug-likeness (QED) is 0.514. The summed E-state index contributed by atoms with van der Waals surface area (Å²) in [4.78, 5) is 29.0. The predicted molar refractivity (Wildman–Crippen MR) is 110 cm³/mol. The lowest BCUT2D eigenvalue weighted by molar-refractivity contribution is -0.112. The zero-order valence-electron chi connectivity index (χ0n) is 16.1. The first-order valence-electron chi connectivity index (χ1n) is 8.72. The van der Waals surface area contributed by atoms with Crippen molar-refractivity contribution in [3.05, 3.63) is 59.7 Å². The second kappa shape index (κ2) is 7.90. The van der Waals surface area contributed by atoms with Crippen LogP contribution in [0.15, 0.2) is 48.5 Å². The molecule has 2 aromatic carbocycles. The van der Waals surface area contributed by atoms with E-state index in [4.69, 9.17) is 4.74 Å². The molecule has 144 valence electrons. The van der Waals surface area contributed by atoms with Crippen LogP contribution in [0.1, 0.15) is 36.7 Å². The number of methoxy groups -OCH3 is 1. The minimum Gasteiger partial charge on any atom is -0.497 e. The van der Waals surface area contributed by atoms with Crippen molar-refractivity contribution >= 4 is 28.4 Å². The Morgan fingerprint density at radius 1 is 1.07 bits per heavy atom. The molecule has 0 radical (unpaired) electrons. The molecule has 0 aliphatic heterocycles. The van der Waals surface area contributed by atoms with Gasteiger partial charge in [0.25, 0.3) is 11.7 Å². The normalized spacial score (nSPS) is 11.1. The lowest BCUT2D eigenvalue weighted by atomic mass is 9.86. The van der Waals surface area contributed by atoms with Crippen molar-refractivity contribution < 1.29 is 14.3 Å². The van der Waals surface area contributed by atoms with Gasteiger partial charge in [-0.25, -0.2) is 0 Å². The smallest absolute Gasteiger partial charge is 0.298 e. The monoisotopic (exact) mass is 395 g/mol. The minimum absolute atomic E-state index is 0.0209. The number of nitrogens with one attached hydrogen (secondary N) is 1. The molecule has 6 nitrogen and oxygen atoms in total. The van der Waals surface area contributed by atoms with E-state index in [1.165, 1.54) is 0 Å². The van der Waals surface area contributed by atoms with Gasteiger partial charge in [0.2, 0.25) is 5.13 Å². The van der Waals surface area contributed by atoms with E-state index in [1.807, 2.05) is 30.3 Å². The number of amides is 1. The van der Waals surface area contributed by atoms with Gasteiger partial charge in [0, 0.05) is 22.7 Å². The maximum absolute atomic E-state index is 12.4. The molecular weight excluding hydrogens is 374 g/mol. The first-order valence-corrected chi connectivity index (χ1v) is 9.49. The van der Waals surface area contributed by atoms with Gasteiger partial charge in [-0.05, 0) is 23.1 Å². The second-order valence-electron chi connectivity index (χ2n) is 7.27. The first-order chi connectivity index (χ1) is 13.3. The van der Waals surface area contributed by atoms with Crippen molar-refractivity contribution in [3.8, 4) is 17.1 Å². The topological polar surface area (TPSA) is 81.2 Å². The second-order valence-corrected chi connectivity index (χ2v) is 8.02. The molecule has 0 aliphatic carbocycles. The average molecular weight is 395 g/mol. The van der Waals surface area contributed by atoms with Crippen molar-refractivity contribution in [2.45, 2.75) is 26.2 Å². The fourth-order valence-electron chi connectivity index (χ4n) is 2.56. The molecule has 3 aromatic rings. The molecule has 3 rings (SSSR count). The summed E-state index contributed by atoms with van der Waals surface area (Å²) in [6, 6.07) is 14.4. The number of hydrogen-bond donors (Lipinski definition) is 1. The molecule has 0 spiro atoms. The minimum atomic E-state index is -0.739. The number of benzene rings is 2. The molecule has 0 fully saturated rings. The van der Waals surface area contributed by atoms with Gasteiger partial charge in [0.15, 0.2) is 5.82 Å². The van der Waals surface area contributed by atoms with Gasteiger partial charge in [-0.3, -0.25) is 14.9 Å². The van der Waals surface area contributed by atoms with Crippen LogP contribution < -0.4 is 10.1 Å². The molecule has 1 aromatic heterocycles. The van der Waals surface area contributed by atoms with Crippen molar-refractivity contribution in [2.24, 2.45) is 0 Å². The van der Waals surface area contributed by atoms with Gasteiger partial charge in [-0.15, -0.1) is 0 Å². The van der Waals surface area contributed by atoms with Gasteiger partial charge in [0.05, 0.1) is 7.11 Å². The Hall–Kier alpha value is -3.06.